The molecule has 5 rings (SSSR count). The minimum atomic E-state index is -0.517. The lowest BCUT2D eigenvalue weighted by Gasteiger charge is -2.36. The number of amidine groups is 1. The van der Waals surface area contributed by atoms with Gasteiger partial charge in [0.2, 0.25) is 12.7 Å². The minimum absolute atomic E-state index is 0.112. The zero-order valence-corrected chi connectivity index (χ0v) is 20.6. The van der Waals surface area contributed by atoms with E-state index in [1.165, 1.54) is 18.9 Å². The Morgan fingerprint density at radius 3 is 2.86 bits per heavy atom. The van der Waals surface area contributed by atoms with Gasteiger partial charge in [-0.25, -0.2) is 9.79 Å². The van der Waals surface area contributed by atoms with Gasteiger partial charge in [-0.05, 0) is 47.7 Å². The van der Waals surface area contributed by atoms with Gasteiger partial charge in [0.15, 0.2) is 16.7 Å². The van der Waals surface area contributed by atoms with Gasteiger partial charge in [0.1, 0.15) is 0 Å². The van der Waals surface area contributed by atoms with Crippen molar-refractivity contribution in [2.24, 2.45) is 4.99 Å². The predicted octanol–water partition coefficient (Wildman–Crippen LogP) is 4.52. The van der Waals surface area contributed by atoms with Crippen molar-refractivity contribution < 1.29 is 23.8 Å². The summed E-state index contributed by atoms with van der Waals surface area (Å²) < 4.78 is 15.8. The van der Waals surface area contributed by atoms with Crippen molar-refractivity contribution in [2.75, 3.05) is 13.9 Å². The second kappa shape index (κ2) is 9.67. The van der Waals surface area contributed by atoms with E-state index in [1.807, 2.05) is 46.7 Å². The molecule has 10 heteroatoms. The highest BCUT2D eigenvalue weighted by Crippen LogP contribution is 2.45. The maximum absolute atomic E-state index is 12.9. The van der Waals surface area contributed by atoms with E-state index < -0.39 is 12.0 Å². The zero-order valence-electron chi connectivity index (χ0n) is 19.0. The maximum atomic E-state index is 12.9. The van der Waals surface area contributed by atoms with Crippen LogP contribution in [0, 0.1) is 0 Å². The standard InChI is InChI=1S/C25H22ClN3O5S/c1-14-22(24(31)32-2)23(16-4-3-5-17(26)9-16)29-18(12-35-25(29)28-14)10-21(30)27-11-15-6-7-19-20(8-15)34-13-33-19/h3-9,12,23H,10-11,13H2,1-2H3,(H,27,30). The first-order valence-electron chi connectivity index (χ1n) is 10.9. The van der Waals surface area contributed by atoms with Gasteiger partial charge in [0.05, 0.1) is 30.8 Å². The monoisotopic (exact) mass is 511 g/mol. The molecule has 2 aromatic carbocycles. The Bertz CT molecular complexity index is 1310. The molecule has 0 spiro atoms. The number of ether oxygens (including phenoxy) is 3. The second-order valence-electron chi connectivity index (χ2n) is 8.08. The van der Waals surface area contributed by atoms with Crippen LogP contribution in [0.1, 0.15) is 30.5 Å². The Morgan fingerprint density at radius 2 is 2.06 bits per heavy atom. The third-order valence-electron chi connectivity index (χ3n) is 5.84. The topological polar surface area (TPSA) is 89.5 Å². The van der Waals surface area contributed by atoms with Gasteiger partial charge in [-0.3, -0.25) is 4.79 Å². The van der Waals surface area contributed by atoms with Crippen LogP contribution in [0.4, 0.5) is 0 Å². The number of amides is 1. The number of halogens is 1. The van der Waals surface area contributed by atoms with Crippen molar-refractivity contribution in [2.45, 2.75) is 25.9 Å². The number of nitrogens with zero attached hydrogens (tertiary/aromatic N) is 2. The number of hydrogen-bond acceptors (Lipinski definition) is 8. The van der Waals surface area contributed by atoms with Crippen LogP contribution in [0.15, 0.2) is 69.8 Å². The molecule has 0 aromatic heterocycles. The number of methoxy groups -OCH3 is 1. The van der Waals surface area contributed by atoms with Crippen LogP contribution < -0.4 is 14.8 Å². The molecule has 0 radical (unpaired) electrons. The largest absolute Gasteiger partial charge is 0.466 e. The van der Waals surface area contributed by atoms with E-state index in [0.717, 1.165) is 16.8 Å². The number of nitrogens with one attached hydrogen (secondary N) is 1. The molecule has 0 fully saturated rings. The lowest BCUT2D eigenvalue weighted by Crippen LogP contribution is -2.37. The lowest BCUT2D eigenvalue weighted by atomic mass is 9.94. The highest BCUT2D eigenvalue weighted by molar-refractivity contribution is 8.16. The number of fused-ring (bicyclic) bond motifs is 2. The molecule has 3 aliphatic heterocycles. The molecule has 180 valence electrons. The third-order valence-corrected chi connectivity index (χ3v) is 6.96. The van der Waals surface area contributed by atoms with E-state index in [4.69, 9.17) is 25.8 Å². The Hall–Kier alpha value is -3.43. The maximum Gasteiger partial charge on any atom is 0.338 e. The summed E-state index contributed by atoms with van der Waals surface area (Å²) in [5.74, 6) is 0.731. The molecular weight excluding hydrogens is 490 g/mol. The van der Waals surface area contributed by atoms with Gasteiger partial charge in [0.25, 0.3) is 0 Å². The first-order valence-corrected chi connectivity index (χ1v) is 12.1. The number of allylic oxidation sites excluding steroid dienone is 1. The van der Waals surface area contributed by atoms with Crippen molar-refractivity contribution in [3.63, 3.8) is 0 Å². The highest BCUT2D eigenvalue weighted by atomic mass is 35.5. The van der Waals surface area contributed by atoms with Crippen LogP contribution in [0.3, 0.4) is 0 Å². The Morgan fingerprint density at radius 1 is 1.23 bits per heavy atom. The molecule has 8 nitrogen and oxygen atoms in total. The molecule has 0 saturated heterocycles. The first kappa shape index (κ1) is 23.3. The van der Waals surface area contributed by atoms with Crippen molar-refractivity contribution in [1.82, 2.24) is 10.2 Å². The number of aliphatic imine (C=N–C) groups is 1. The molecule has 1 atom stereocenters. The van der Waals surface area contributed by atoms with E-state index in [2.05, 4.69) is 10.3 Å². The smallest absolute Gasteiger partial charge is 0.338 e. The van der Waals surface area contributed by atoms with E-state index in [-0.39, 0.29) is 19.1 Å². The van der Waals surface area contributed by atoms with E-state index >= 15 is 0 Å². The van der Waals surface area contributed by atoms with Crippen LogP contribution in [-0.4, -0.2) is 35.8 Å². The van der Waals surface area contributed by atoms with Gasteiger partial charge < -0.3 is 24.4 Å². The zero-order chi connectivity index (χ0) is 24.5. The van der Waals surface area contributed by atoms with E-state index in [1.54, 1.807) is 13.0 Å². The molecule has 1 N–H and O–H groups in total. The van der Waals surface area contributed by atoms with E-state index in [9.17, 15) is 9.59 Å². The summed E-state index contributed by atoms with van der Waals surface area (Å²) in [5.41, 5.74) is 3.42. The van der Waals surface area contributed by atoms with Crippen molar-refractivity contribution in [3.8, 4) is 11.5 Å². The number of carbonyl (C=O) groups excluding carboxylic acids is 2. The summed E-state index contributed by atoms with van der Waals surface area (Å²) in [5, 5.41) is 6.09. The normalized spacial score (nSPS) is 18.1. The minimum Gasteiger partial charge on any atom is -0.466 e. The Balaban J connectivity index is 1.36. The van der Waals surface area contributed by atoms with E-state index in [0.29, 0.717) is 39.5 Å². The first-order chi connectivity index (χ1) is 16.9. The number of rotatable bonds is 6. The summed E-state index contributed by atoms with van der Waals surface area (Å²) in [4.78, 5) is 32.2. The Labute approximate surface area is 211 Å². The highest BCUT2D eigenvalue weighted by Gasteiger charge is 2.41. The van der Waals surface area contributed by atoms with Crippen LogP contribution >= 0.6 is 23.4 Å². The SMILES string of the molecule is COC(=O)C1=C(C)N=C2SC=C(CC(=O)NCc3ccc4c(c3)OCO4)N2C1c1cccc(Cl)c1. The summed E-state index contributed by atoms with van der Waals surface area (Å²) in [6.45, 7) is 2.33. The molecule has 0 aliphatic carbocycles. The van der Waals surface area contributed by atoms with Crippen molar-refractivity contribution >= 4 is 40.4 Å². The van der Waals surface area contributed by atoms with Gasteiger partial charge in [-0.15, -0.1) is 0 Å². The molecule has 0 bridgehead atoms. The molecule has 3 heterocycles. The molecular formula is C25H22ClN3O5S. The fraction of sp³-hybridized carbons (Fsp3) is 0.240. The summed E-state index contributed by atoms with van der Waals surface area (Å²) >= 11 is 7.69. The van der Waals surface area contributed by atoms with Gasteiger partial charge in [-0.2, -0.15) is 0 Å². The van der Waals surface area contributed by atoms with Crippen molar-refractivity contribution in [3.05, 3.63) is 81.0 Å². The van der Waals surface area contributed by atoms with Crippen LogP contribution in [0.25, 0.3) is 0 Å². The van der Waals surface area contributed by atoms with Gasteiger partial charge in [-0.1, -0.05) is 41.6 Å². The quantitative estimate of drug-likeness (QED) is 0.570. The number of carbonyl (C=O) groups is 2. The van der Waals surface area contributed by atoms with Crippen LogP contribution in [-0.2, 0) is 20.9 Å². The molecule has 3 aliphatic rings. The summed E-state index contributed by atoms with van der Waals surface area (Å²) in [6, 6.07) is 12.4. The average molecular weight is 512 g/mol. The fourth-order valence-corrected chi connectivity index (χ4v) is 5.37. The number of esters is 1. The van der Waals surface area contributed by atoms with Crippen molar-refractivity contribution in [1.29, 1.82) is 0 Å². The molecule has 35 heavy (non-hydrogen) atoms. The average Bonchev–Trinajstić information content (AvgIpc) is 3.48. The number of benzene rings is 2. The second-order valence-corrected chi connectivity index (χ2v) is 9.35. The number of hydrogen-bond donors (Lipinski definition) is 1. The van der Waals surface area contributed by atoms with Crippen LogP contribution in [0.5, 0.6) is 11.5 Å². The predicted molar refractivity (Wildman–Crippen MR) is 133 cm³/mol. The Kier molecular flexibility index (Phi) is 6.44. The molecule has 2 aromatic rings. The van der Waals surface area contributed by atoms with Gasteiger partial charge >= 0.3 is 5.97 Å². The molecule has 1 amide bonds. The third kappa shape index (κ3) is 4.61. The molecule has 1 unspecified atom stereocenters. The van der Waals surface area contributed by atoms with Gasteiger partial charge in [0, 0.05) is 17.3 Å². The molecule has 0 saturated carbocycles. The number of thioether (sulfide) groups is 1. The summed E-state index contributed by atoms with van der Waals surface area (Å²) in [6.07, 6.45) is 0.112. The lowest BCUT2D eigenvalue weighted by molar-refractivity contribution is -0.136. The summed E-state index contributed by atoms with van der Waals surface area (Å²) in [7, 11) is 1.34. The van der Waals surface area contributed by atoms with Crippen LogP contribution in [0.2, 0.25) is 5.02 Å². The fourth-order valence-electron chi connectivity index (χ4n) is 4.21.